The van der Waals surface area contributed by atoms with Crippen LogP contribution in [0.1, 0.15) is 12.8 Å². The number of nitrogens with one attached hydrogen (secondary N) is 1. The molecule has 0 bridgehead atoms. The predicted octanol–water partition coefficient (Wildman–Crippen LogP) is 3.03. The number of methoxy groups -OCH3 is 1. The van der Waals surface area contributed by atoms with Crippen molar-refractivity contribution in [2.24, 2.45) is 0 Å². The largest absolute Gasteiger partial charge is 0.383 e. The Hall–Kier alpha value is -3.37. The maximum absolute atomic E-state index is 12.8. The molecule has 4 aromatic heterocycles. The summed E-state index contributed by atoms with van der Waals surface area (Å²) in [5.41, 5.74) is 10.1. The summed E-state index contributed by atoms with van der Waals surface area (Å²) in [6.45, 7) is 3.22. The van der Waals surface area contributed by atoms with Crippen molar-refractivity contribution < 1.29 is 9.13 Å². The van der Waals surface area contributed by atoms with Crippen molar-refractivity contribution in [2.45, 2.75) is 19.0 Å². The molecule has 5 heterocycles. The summed E-state index contributed by atoms with van der Waals surface area (Å²) in [6.07, 6.45) is 4.72. The van der Waals surface area contributed by atoms with E-state index in [1.165, 1.54) is 0 Å². The van der Waals surface area contributed by atoms with Gasteiger partial charge in [-0.2, -0.15) is 4.98 Å². The van der Waals surface area contributed by atoms with Gasteiger partial charge in [0.25, 0.3) is 0 Å². The van der Waals surface area contributed by atoms with Crippen molar-refractivity contribution in [1.82, 2.24) is 29.5 Å². The molecule has 3 N–H and O–H groups in total. The monoisotopic (exact) mass is 452 g/mol. The van der Waals surface area contributed by atoms with E-state index < -0.39 is 6.17 Å². The molecule has 4 aromatic rings. The van der Waals surface area contributed by atoms with E-state index in [0.29, 0.717) is 19.0 Å². The Labute approximate surface area is 191 Å². The number of nitrogen functional groups attached to an aromatic ring is 1. The summed E-state index contributed by atoms with van der Waals surface area (Å²) in [7, 11) is 3.48. The van der Waals surface area contributed by atoms with Crippen LogP contribution in [0.3, 0.4) is 0 Å². The molecule has 0 saturated carbocycles. The fraction of sp³-hybridized carbons (Fsp3) is 0.391. The fourth-order valence-electron chi connectivity index (χ4n) is 3.95. The second-order valence-electron chi connectivity index (χ2n) is 7.86. The number of hydrogen-bond donors (Lipinski definition) is 2. The zero-order chi connectivity index (χ0) is 23.2. The Morgan fingerprint density at radius 1 is 1.21 bits per heavy atom. The number of anilines is 2. The number of rotatable bonds is 5. The van der Waals surface area contributed by atoms with Crippen LogP contribution in [0, 0.1) is 0 Å². The number of hydrogen-bond acceptors (Lipinski definition) is 8. The minimum Gasteiger partial charge on any atom is -0.383 e. The Morgan fingerprint density at radius 2 is 2.09 bits per heavy atom. The van der Waals surface area contributed by atoms with Crippen LogP contribution in [0.15, 0.2) is 42.7 Å². The molecule has 0 radical (unpaired) electrons. The Morgan fingerprint density at radius 3 is 2.88 bits per heavy atom. The average Bonchev–Trinajstić information content (AvgIpc) is 3.26. The number of pyridine rings is 2. The number of likely N-dealkylation sites (tertiary alicyclic amines) is 1. The first kappa shape index (κ1) is 22.8. The maximum atomic E-state index is 12.8. The Kier molecular flexibility index (Phi) is 7.26. The van der Waals surface area contributed by atoms with Crippen LogP contribution in [0.25, 0.3) is 27.8 Å². The maximum Gasteiger partial charge on any atom is 0.240 e. The van der Waals surface area contributed by atoms with E-state index in [2.05, 4.69) is 30.3 Å². The molecule has 1 aliphatic heterocycles. The molecule has 33 heavy (non-hydrogen) atoms. The highest BCUT2D eigenvalue weighted by molar-refractivity contribution is 5.89. The zero-order valence-electron chi connectivity index (χ0n) is 18.9. The van der Waals surface area contributed by atoms with Gasteiger partial charge < -0.3 is 15.8 Å². The fourth-order valence-corrected chi connectivity index (χ4v) is 3.95. The number of piperidine rings is 1. The van der Waals surface area contributed by atoms with Crippen LogP contribution < -0.4 is 11.1 Å². The van der Waals surface area contributed by atoms with Crippen LogP contribution >= 0.6 is 0 Å². The third-order valence-corrected chi connectivity index (χ3v) is 5.56. The predicted molar refractivity (Wildman–Crippen MR) is 128 cm³/mol. The van der Waals surface area contributed by atoms with Gasteiger partial charge in [0.1, 0.15) is 11.7 Å². The van der Waals surface area contributed by atoms with Crippen molar-refractivity contribution in [2.75, 3.05) is 51.4 Å². The molecule has 0 aliphatic carbocycles. The van der Waals surface area contributed by atoms with E-state index in [1.54, 1.807) is 24.9 Å². The van der Waals surface area contributed by atoms with E-state index in [-0.39, 0.29) is 5.95 Å². The van der Waals surface area contributed by atoms with Crippen LogP contribution in [0.4, 0.5) is 16.2 Å². The third-order valence-electron chi connectivity index (χ3n) is 5.56. The van der Waals surface area contributed by atoms with Crippen molar-refractivity contribution in [3.63, 3.8) is 0 Å². The molecule has 9 nitrogen and oxygen atoms in total. The first-order valence-corrected chi connectivity index (χ1v) is 11.0. The standard InChI is InChI=1S/C15H13N7.C8H16FNO/c1-17-14-13-9(6-8-22(13)21-15(16)20-14)10-4-5-11-12(19-10)3-2-7-18-11;1-11-6-5-10-4-2-3-8(9)7-10/h2-8H,1H3,(H3,16,17,20,21);8H,2-7H2,1H3. The number of ether oxygens (including phenoxy) is 1. The topological polar surface area (TPSA) is 106 Å². The summed E-state index contributed by atoms with van der Waals surface area (Å²) in [6, 6.07) is 9.67. The number of nitrogens with two attached hydrogens (primary N) is 1. The molecule has 1 aliphatic rings. The van der Waals surface area contributed by atoms with Crippen LogP contribution in [0.2, 0.25) is 0 Å². The highest BCUT2D eigenvalue weighted by Gasteiger charge is 2.18. The number of alkyl halides is 1. The number of nitrogens with zero attached hydrogens (tertiary/aromatic N) is 6. The molecular formula is C23H29FN8O. The lowest BCUT2D eigenvalue weighted by molar-refractivity contribution is 0.0990. The van der Waals surface area contributed by atoms with Gasteiger partial charge in [0.15, 0.2) is 5.82 Å². The molecule has 10 heteroatoms. The molecule has 5 rings (SSSR count). The van der Waals surface area contributed by atoms with Gasteiger partial charge in [-0.15, -0.1) is 5.10 Å². The van der Waals surface area contributed by atoms with Gasteiger partial charge in [-0.1, -0.05) is 0 Å². The highest BCUT2D eigenvalue weighted by Crippen LogP contribution is 2.29. The van der Waals surface area contributed by atoms with Gasteiger partial charge in [-0.05, 0) is 49.7 Å². The Bertz CT molecular complexity index is 1210. The smallest absolute Gasteiger partial charge is 0.240 e. The first-order valence-electron chi connectivity index (χ1n) is 11.0. The van der Waals surface area contributed by atoms with E-state index in [4.69, 9.17) is 10.5 Å². The number of halogens is 1. The molecular weight excluding hydrogens is 423 g/mol. The van der Waals surface area contributed by atoms with Crippen molar-refractivity contribution in [3.8, 4) is 11.3 Å². The lowest BCUT2D eigenvalue weighted by atomic mass is 10.1. The number of aromatic nitrogens is 5. The molecule has 1 unspecified atom stereocenters. The normalized spacial score (nSPS) is 16.5. The van der Waals surface area contributed by atoms with Crippen LogP contribution in [0.5, 0.6) is 0 Å². The van der Waals surface area contributed by atoms with Crippen LogP contribution in [-0.4, -0.2) is 76.0 Å². The summed E-state index contributed by atoms with van der Waals surface area (Å²) in [4.78, 5) is 15.3. The van der Waals surface area contributed by atoms with Gasteiger partial charge in [0, 0.05) is 45.2 Å². The Balaban J connectivity index is 0.000000200. The van der Waals surface area contributed by atoms with Crippen molar-refractivity contribution >= 4 is 28.3 Å². The third kappa shape index (κ3) is 5.35. The van der Waals surface area contributed by atoms with Crippen LogP contribution in [-0.2, 0) is 4.74 Å². The van der Waals surface area contributed by atoms with Crippen molar-refractivity contribution in [3.05, 3.63) is 42.7 Å². The lowest BCUT2D eigenvalue weighted by Gasteiger charge is -2.28. The molecule has 1 saturated heterocycles. The lowest BCUT2D eigenvalue weighted by Crippen LogP contribution is -2.38. The van der Waals surface area contributed by atoms with Gasteiger partial charge in [-0.25, -0.2) is 13.9 Å². The molecule has 0 aromatic carbocycles. The first-order chi connectivity index (χ1) is 16.1. The number of fused-ring (bicyclic) bond motifs is 2. The van der Waals surface area contributed by atoms with E-state index in [0.717, 1.165) is 53.7 Å². The van der Waals surface area contributed by atoms with E-state index in [9.17, 15) is 4.39 Å². The summed E-state index contributed by atoms with van der Waals surface area (Å²) >= 11 is 0. The van der Waals surface area contributed by atoms with Crippen molar-refractivity contribution in [1.29, 1.82) is 0 Å². The molecule has 1 atom stereocenters. The average molecular weight is 453 g/mol. The van der Waals surface area contributed by atoms with Gasteiger partial charge in [-0.3, -0.25) is 9.88 Å². The summed E-state index contributed by atoms with van der Waals surface area (Å²) in [5.74, 6) is 0.884. The molecule has 174 valence electrons. The van der Waals surface area contributed by atoms with Gasteiger partial charge in [0.2, 0.25) is 5.95 Å². The SMILES string of the molecule is CNc1nc(N)nn2ccc(-c3ccc4ncccc4n3)c12.COCCN1CCCC(F)C1. The molecule has 0 amide bonds. The van der Waals surface area contributed by atoms with Gasteiger partial charge >= 0.3 is 0 Å². The zero-order valence-corrected chi connectivity index (χ0v) is 18.9. The minimum absolute atomic E-state index is 0.217. The second kappa shape index (κ2) is 10.5. The van der Waals surface area contributed by atoms with E-state index in [1.807, 2.05) is 36.5 Å². The quantitative estimate of drug-likeness (QED) is 0.476. The van der Waals surface area contributed by atoms with Gasteiger partial charge in [0.05, 0.1) is 23.3 Å². The highest BCUT2D eigenvalue weighted by atomic mass is 19.1. The molecule has 0 spiro atoms. The van der Waals surface area contributed by atoms with E-state index >= 15 is 0 Å². The minimum atomic E-state index is -0.611. The second-order valence-corrected chi connectivity index (χ2v) is 7.86. The summed E-state index contributed by atoms with van der Waals surface area (Å²) in [5, 5.41) is 7.25. The molecule has 1 fully saturated rings. The summed E-state index contributed by atoms with van der Waals surface area (Å²) < 4.78 is 19.4.